The van der Waals surface area contributed by atoms with Gasteiger partial charge in [0.05, 0.1) is 38.0 Å². The van der Waals surface area contributed by atoms with E-state index in [0.29, 0.717) is 31.8 Å². The van der Waals surface area contributed by atoms with E-state index in [1.807, 2.05) is 110 Å². The molecule has 5 amide bonds. The molecule has 1 fully saturated rings. The number of ether oxygens (including phenoxy) is 1. The number of carbonyl (C=O) groups excluding carboxylic acids is 4. The van der Waals surface area contributed by atoms with Gasteiger partial charge < -0.3 is 34.7 Å². The highest BCUT2D eigenvalue weighted by Crippen LogP contribution is 2.24. The van der Waals surface area contributed by atoms with Crippen LogP contribution in [0.5, 0.6) is 0 Å². The number of aromatic nitrogens is 1. The number of nitrogens with one attached hydrogen (secondary N) is 3. The zero-order valence-electron chi connectivity index (χ0n) is 33.7. The van der Waals surface area contributed by atoms with Gasteiger partial charge >= 0.3 is 12.1 Å². The summed E-state index contributed by atoms with van der Waals surface area (Å²) in [5, 5.41) is 19.3. The van der Waals surface area contributed by atoms with Crippen molar-refractivity contribution >= 4 is 23.9 Å². The van der Waals surface area contributed by atoms with Crippen molar-refractivity contribution in [3.8, 4) is 0 Å². The van der Waals surface area contributed by atoms with E-state index in [1.165, 1.54) is 12.1 Å². The lowest BCUT2D eigenvalue weighted by atomic mass is 9.86. The highest BCUT2D eigenvalue weighted by Gasteiger charge is 2.41. The monoisotopic (exact) mass is 761 g/mol. The summed E-state index contributed by atoms with van der Waals surface area (Å²) >= 11 is 0. The maximum Gasteiger partial charge on any atom is 0.407 e. The Hall–Kier alpha value is -4.95. The van der Waals surface area contributed by atoms with Crippen molar-refractivity contribution in [3.63, 3.8) is 0 Å². The second-order valence-electron chi connectivity index (χ2n) is 15.6. The molecule has 0 bridgehead atoms. The lowest BCUT2D eigenvalue weighted by Crippen LogP contribution is -2.60. The third-order valence-electron chi connectivity index (χ3n) is 10.1. The molecule has 0 spiro atoms. The van der Waals surface area contributed by atoms with Crippen molar-refractivity contribution in [1.29, 1.82) is 0 Å². The molecule has 4 N–H and O–H groups in total. The van der Waals surface area contributed by atoms with Crippen molar-refractivity contribution < 1.29 is 33.4 Å². The van der Waals surface area contributed by atoms with Crippen LogP contribution in [0.2, 0.25) is 0 Å². The summed E-state index contributed by atoms with van der Waals surface area (Å²) in [6, 6.07) is 14.2. The van der Waals surface area contributed by atoms with E-state index in [1.54, 1.807) is 9.80 Å². The second kappa shape index (κ2) is 19.1. The molecular formula is C41H59N7O7. The standard InChI is InChI=1S/C41H59N7O7/c1-10-26(2)35(48-20-19-46(40(48)53)23-31-18-14-15-28(4)42-31)37(50)43-33(22-30-16-12-11-13-17-30)34(49)25-47(24-32-21-27(3)29(5)55-32)45-38(51)36(41(6,7)8)44-39(52)54-9/h11-18,21,26,33-36,49H,10,19-20,22-25H2,1-9H3,(H,43,50)(H,44,52)(H,45,51). The zero-order chi connectivity index (χ0) is 40.4. The second-order valence-corrected chi connectivity index (χ2v) is 15.6. The lowest BCUT2D eigenvalue weighted by molar-refractivity contribution is -0.133. The van der Waals surface area contributed by atoms with Crippen LogP contribution >= 0.6 is 0 Å². The maximum atomic E-state index is 14.4. The summed E-state index contributed by atoms with van der Waals surface area (Å²) in [6.07, 6.45) is -1.05. The summed E-state index contributed by atoms with van der Waals surface area (Å²) in [5.74, 6) is 0.185. The van der Waals surface area contributed by atoms with Crippen LogP contribution in [0.25, 0.3) is 0 Å². The molecule has 14 nitrogen and oxygen atoms in total. The number of aryl methyl sites for hydroxylation is 3. The number of carbonyl (C=O) groups is 4. The van der Waals surface area contributed by atoms with Gasteiger partial charge in [-0.2, -0.15) is 0 Å². The van der Waals surface area contributed by atoms with Gasteiger partial charge in [0.25, 0.3) is 5.91 Å². The summed E-state index contributed by atoms with van der Waals surface area (Å²) in [5.41, 5.74) is 5.63. The third-order valence-corrected chi connectivity index (χ3v) is 10.1. The molecule has 0 aliphatic carbocycles. The smallest absolute Gasteiger partial charge is 0.407 e. The Morgan fingerprint density at radius 3 is 2.33 bits per heavy atom. The van der Waals surface area contributed by atoms with Crippen molar-refractivity contribution in [2.45, 2.75) is 106 Å². The fourth-order valence-corrected chi connectivity index (χ4v) is 6.73. The van der Waals surface area contributed by atoms with Gasteiger partial charge in [-0.05, 0) is 67.9 Å². The van der Waals surface area contributed by atoms with Crippen molar-refractivity contribution in [2.24, 2.45) is 11.3 Å². The molecule has 1 aliphatic rings. The summed E-state index contributed by atoms with van der Waals surface area (Å²) < 4.78 is 10.7. The van der Waals surface area contributed by atoms with Crippen molar-refractivity contribution in [2.75, 3.05) is 26.7 Å². The first kappa shape index (κ1) is 42.8. The number of urea groups is 1. The van der Waals surface area contributed by atoms with Gasteiger partial charge in [-0.1, -0.05) is 77.4 Å². The van der Waals surface area contributed by atoms with Crippen LogP contribution < -0.4 is 16.1 Å². The van der Waals surface area contributed by atoms with Gasteiger partial charge in [-0.3, -0.25) is 20.0 Å². The Morgan fingerprint density at radius 1 is 1.02 bits per heavy atom. The van der Waals surface area contributed by atoms with E-state index in [-0.39, 0.29) is 37.4 Å². The molecule has 3 heterocycles. The number of hydrogen-bond donors (Lipinski definition) is 4. The molecule has 0 radical (unpaired) electrons. The van der Waals surface area contributed by atoms with Crippen LogP contribution in [0, 0.1) is 32.1 Å². The summed E-state index contributed by atoms with van der Waals surface area (Å²) in [4.78, 5) is 62.2. The van der Waals surface area contributed by atoms with E-state index in [9.17, 15) is 24.3 Å². The Kier molecular flexibility index (Phi) is 14.8. The first-order valence-corrected chi connectivity index (χ1v) is 19.0. The van der Waals surface area contributed by atoms with Gasteiger partial charge in [0, 0.05) is 25.3 Å². The van der Waals surface area contributed by atoms with Crippen LogP contribution in [0.15, 0.2) is 59.0 Å². The number of hydrogen-bond acceptors (Lipinski definition) is 9. The average molecular weight is 762 g/mol. The van der Waals surface area contributed by atoms with Crippen molar-refractivity contribution in [3.05, 3.63) is 88.6 Å². The number of aliphatic hydroxyl groups excluding tert-OH is 1. The number of aliphatic hydroxyl groups is 1. The number of alkyl carbamates (subject to hydrolysis) is 1. The first-order chi connectivity index (χ1) is 26.0. The first-order valence-electron chi connectivity index (χ1n) is 19.0. The van der Waals surface area contributed by atoms with E-state index >= 15 is 0 Å². The normalized spacial score (nSPS) is 16.0. The Morgan fingerprint density at radius 2 is 1.73 bits per heavy atom. The van der Waals surface area contributed by atoms with Crippen LogP contribution in [-0.2, 0) is 33.8 Å². The molecule has 0 saturated carbocycles. The number of amides is 5. The van der Waals surface area contributed by atoms with Crippen LogP contribution in [-0.4, -0.2) is 99.8 Å². The molecule has 4 rings (SSSR count). The molecule has 3 aromatic rings. The van der Waals surface area contributed by atoms with E-state index in [4.69, 9.17) is 9.15 Å². The molecule has 55 heavy (non-hydrogen) atoms. The van der Waals surface area contributed by atoms with Gasteiger partial charge in [0.1, 0.15) is 23.6 Å². The van der Waals surface area contributed by atoms with E-state index in [2.05, 4.69) is 21.0 Å². The summed E-state index contributed by atoms with van der Waals surface area (Å²) in [6.45, 7) is 16.2. The Bertz CT molecular complexity index is 1740. The van der Waals surface area contributed by atoms with Gasteiger partial charge in [-0.25, -0.2) is 14.6 Å². The van der Waals surface area contributed by atoms with Crippen molar-refractivity contribution in [1.82, 2.24) is 35.9 Å². The SMILES string of the molecule is CCC(C)C(C(=O)NC(Cc1ccccc1)C(O)CN(Cc1cc(C)c(C)o1)NC(=O)C(NC(=O)OC)C(C)(C)C)N1CCN(Cc2cccc(C)n2)C1=O. The predicted molar refractivity (Wildman–Crippen MR) is 208 cm³/mol. The molecule has 2 aromatic heterocycles. The number of hydrazine groups is 1. The van der Waals surface area contributed by atoms with Crippen LogP contribution in [0.4, 0.5) is 9.59 Å². The predicted octanol–water partition coefficient (Wildman–Crippen LogP) is 4.64. The van der Waals surface area contributed by atoms with Gasteiger partial charge in [-0.15, -0.1) is 0 Å². The highest BCUT2D eigenvalue weighted by atomic mass is 16.5. The highest BCUT2D eigenvalue weighted by molar-refractivity contribution is 5.88. The number of furan rings is 1. The quantitative estimate of drug-likeness (QED) is 0.143. The number of benzene rings is 1. The molecule has 14 heteroatoms. The largest absolute Gasteiger partial charge is 0.465 e. The third kappa shape index (κ3) is 11.8. The number of rotatable bonds is 17. The molecular weight excluding hydrogens is 702 g/mol. The number of nitrogens with zero attached hydrogens (tertiary/aromatic N) is 4. The van der Waals surface area contributed by atoms with Gasteiger partial charge in [0.2, 0.25) is 5.91 Å². The lowest BCUT2D eigenvalue weighted by Gasteiger charge is -2.36. The maximum absolute atomic E-state index is 14.4. The van der Waals surface area contributed by atoms with Crippen LogP contribution in [0.3, 0.4) is 0 Å². The molecule has 1 aromatic carbocycles. The average Bonchev–Trinajstić information content (AvgIpc) is 3.64. The molecule has 5 atom stereocenters. The van der Waals surface area contributed by atoms with Gasteiger partial charge in [0.15, 0.2) is 0 Å². The molecule has 5 unspecified atom stereocenters. The fourth-order valence-electron chi connectivity index (χ4n) is 6.73. The Labute approximate surface area is 324 Å². The fraction of sp³-hybridized carbons (Fsp3) is 0.537. The molecule has 1 saturated heterocycles. The minimum absolute atomic E-state index is 0.0853. The summed E-state index contributed by atoms with van der Waals surface area (Å²) in [7, 11) is 1.22. The number of methoxy groups -OCH3 is 1. The minimum atomic E-state index is -1.21. The topological polar surface area (TPSA) is 170 Å². The zero-order valence-corrected chi connectivity index (χ0v) is 33.7. The molecule has 300 valence electrons. The van der Waals surface area contributed by atoms with E-state index < -0.39 is 41.6 Å². The van der Waals surface area contributed by atoms with E-state index in [0.717, 1.165) is 28.3 Å². The Balaban J connectivity index is 1.61. The minimum Gasteiger partial charge on any atom is -0.465 e. The number of pyridine rings is 1. The molecule has 1 aliphatic heterocycles. The van der Waals surface area contributed by atoms with Crippen LogP contribution in [0.1, 0.15) is 75.1 Å².